The van der Waals surface area contributed by atoms with Crippen molar-refractivity contribution in [3.8, 4) is 5.75 Å². The first kappa shape index (κ1) is 15.2. The summed E-state index contributed by atoms with van der Waals surface area (Å²) in [5.74, 6) is 0.303. The van der Waals surface area contributed by atoms with Gasteiger partial charge in [0.1, 0.15) is 11.8 Å². The molecular weight excluding hydrogens is 304 g/mol. The predicted molar refractivity (Wildman–Crippen MR) is 83.2 cm³/mol. The van der Waals surface area contributed by atoms with Gasteiger partial charge < -0.3 is 14.5 Å². The van der Waals surface area contributed by atoms with Crippen molar-refractivity contribution in [2.75, 3.05) is 20.2 Å². The summed E-state index contributed by atoms with van der Waals surface area (Å²) >= 11 is 6.01. The molecule has 0 saturated carbocycles. The summed E-state index contributed by atoms with van der Waals surface area (Å²) in [4.78, 5) is 28.9. The Kier molecular flexibility index (Phi) is 4.00. The van der Waals surface area contributed by atoms with Gasteiger partial charge in [-0.05, 0) is 38.0 Å². The van der Waals surface area contributed by atoms with Crippen molar-refractivity contribution in [3.05, 3.63) is 28.8 Å². The van der Waals surface area contributed by atoms with E-state index in [2.05, 4.69) is 0 Å². The summed E-state index contributed by atoms with van der Waals surface area (Å²) in [5, 5.41) is 0.475. The zero-order chi connectivity index (χ0) is 15.9. The summed E-state index contributed by atoms with van der Waals surface area (Å²) in [6, 6.07) is 4.64. The number of nitrogens with zero attached hydrogens (tertiary/aromatic N) is 2. The molecule has 6 heteroatoms. The molecule has 22 heavy (non-hydrogen) atoms. The standard InChI is InChI=1S/C16H19ClN2O3/c1-10-15(20)18-7-3-4-12(18)9-19(10)16(21)13-8-11(17)5-6-14(13)22-2/h5-6,8,10,12H,3-4,7,9H2,1-2H3/t10-,12-/m1/s1. The smallest absolute Gasteiger partial charge is 0.258 e. The maximum atomic E-state index is 12.9. The van der Waals surface area contributed by atoms with Crippen LogP contribution in [0.1, 0.15) is 30.1 Å². The minimum absolute atomic E-state index is 0.0306. The van der Waals surface area contributed by atoms with E-state index >= 15 is 0 Å². The molecule has 1 aromatic carbocycles. The second kappa shape index (κ2) is 5.80. The van der Waals surface area contributed by atoms with E-state index in [1.54, 1.807) is 30.0 Å². The lowest BCUT2D eigenvalue weighted by Gasteiger charge is -2.41. The van der Waals surface area contributed by atoms with Gasteiger partial charge in [-0.1, -0.05) is 11.6 Å². The van der Waals surface area contributed by atoms with Gasteiger partial charge in [0.05, 0.1) is 12.7 Å². The van der Waals surface area contributed by atoms with Crippen molar-refractivity contribution >= 4 is 23.4 Å². The van der Waals surface area contributed by atoms with Gasteiger partial charge in [-0.15, -0.1) is 0 Å². The second-order valence-electron chi connectivity index (χ2n) is 5.81. The Labute approximate surface area is 134 Å². The highest BCUT2D eigenvalue weighted by Crippen LogP contribution is 2.29. The fourth-order valence-electron chi connectivity index (χ4n) is 3.33. The van der Waals surface area contributed by atoms with Gasteiger partial charge in [0.2, 0.25) is 5.91 Å². The molecule has 0 bridgehead atoms. The van der Waals surface area contributed by atoms with Crippen molar-refractivity contribution in [3.63, 3.8) is 0 Å². The first-order valence-corrected chi connectivity index (χ1v) is 7.85. The zero-order valence-electron chi connectivity index (χ0n) is 12.7. The topological polar surface area (TPSA) is 49.9 Å². The van der Waals surface area contributed by atoms with Gasteiger partial charge in [0.15, 0.2) is 0 Å². The molecule has 0 N–H and O–H groups in total. The minimum Gasteiger partial charge on any atom is -0.496 e. The monoisotopic (exact) mass is 322 g/mol. The van der Waals surface area contributed by atoms with Crippen LogP contribution >= 0.6 is 11.6 Å². The molecule has 118 valence electrons. The Hall–Kier alpha value is -1.75. The molecule has 2 heterocycles. The number of fused-ring (bicyclic) bond motifs is 1. The minimum atomic E-state index is -0.453. The van der Waals surface area contributed by atoms with E-state index in [0.717, 1.165) is 19.4 Å². The molecule has 0 unspecified atom stereocenters. The molecule has 2 aliphatic rings. The number of benzene rings is 1. The number of carbonyl (C=O) groups is 2. The van der Waals surface area contributed by atoms with Crippen LogP contribution in [0.15, 0.2) is 18.2 Å². The van der Waals surface area contributed by atoms with Crippen LogP contribution in [0.3, 0.4) is 0 Å². The van der Waals surface area contributed by atoms with Gasteiger partial charge in [0, 0.05) is 24.2 Å². The lowest BCUT2D eigenvalue weighted by molar-refractivity contribution is -0.141. The molecule has 3 rings (SSSR count). The number of rotatable bonds is 2. The van der Waals surface area contributed by atoms with Gasteiger partial charge in [0.25, 0.3) is 5.91 Å². The number of methoxy groups -OCH3 is 1. The van der Waals surface area contributed by atoms with E-state index in [0.29, 0.717) is 22.9 Å². The molecule has 0 spiro atoms. The average Bonchev–Trinajstić information content (AvgIpc) is 2.98. The van der Waals surface area contributed by atoms with Crippen LogP contribution in [0.5, 0.6) is 5.75 Å². The first-order chi connectivity index (χ1) is 10.5. The van der Waals surface area contributed by atoms with Gasteiger partial charge in [-0.2, -0.15) is 0 Å². The van der Waals surface area contributed by atoms with Crippen molar-refractivity contribution in [2.24, 2.45) is 0 Å². The third-order valence-corrected chi connectivity index (χ3v) is 4.78. The number of halogens is 1. The molecular formula is C16H19ClN2O3. The molecule has 2 atom stereocenters. The average molecular weight is 323 g/mol. The highest BCUT2D eigenvalue weighted by Gasteiger charge is 2.42. The largest absolute Gasteiger partial charge is 0.496 e. The Bertz CT molecular complexity index is 619. The molecule has 0 aromatic heterocycles. The quantitative estimate of drug-likeness (QED) is 0.838. The van der Waals surface area contributed by atoms with Crippen molar-refractivity contribution in [1.82, 2.24) is 9.80 Å². The molecule has 2 aliphatic heterocycles. The highest BCUT2D eigenvalue weighted by molar-refractivity contribution is 6.31. The van der Waals surface area contributed by atoms with Crippen molar-refractivity contribution < 1.29 is 14.3 Å². The summed E-state index contributed by atoms with van der Waals surface area (Å²) in [6.45, 7) is 3.16. The Morgan fingerprint density at radius 1 is 1.41 bits per heavy atom. The molecule has 2 saturated heterocycles. The fourth-order valence-corrected chi connectivity index (χ4v) is 3.51. The fraction of sp³-hybridized carbons (Fsp3) is 0.500. The van der Waals surface area contributed by atoms with Crippen LogP contribution in [0.2, 0.25) is 5.02 Å². The van der Waals surface area contributed by atoms with E-state index in [-0.39, 0.29) is 17.9 Å². The zero-order valence-corrected chi connectivity index (χ0v) is 13.5. The molecule has 5 nitrogen and oxygen atoms in total. The van der Waals surface area contributed by atoms with Crippen LogP contribution in [-0.2, 0) is 4.79 Å². The van der Waals surface area contributed by atoms with Crippen LogP contribution in [0, 0.1) is 0 Å². The number of carbonyl (C=O) groups excluding carboxylic acids is 2. The number of piperazine rings is 1. The Balaban J connectivity index is 1.91. The van der Waals surface area contributed by atoms with Crippen molar-refractivity contribution in [2.45, 2.75) is 31.8 Å². The lowest BCUT2D eigenvalue weighted by Crippen LogP contribution is -2.60. The summed E-state index contributed by atoms with van der Waals surface area (Å²) in [6.07, 6.45) is 1.96. The Morgan fingerprint density at radius 3 is 2.91 bits per heavy atom. The Morgan fingerprint density at radius 2 is 2.18 bits per heavy atom. The summed E-state index contributed by atoms with van der Waals surface area (Å²) in [7, 11) is 1.52. The molecule has 1 aromatic rings. The van der Waals surface area contributed by atoms with Gasteiger partial charge in [-0.25, -0.2) is 0 Å². The van der Waals surface area contributed by atoms with Crippen LogP contribution < -0.4 is 4.74 Å². The van der Waals surface area contributed by atoms with Crippen LogP contribution in [0.4, 0.5) is 0 Å². The van der Waals surface area contributed by atoms with E-state index in [4.69, 9.17) is 16.3 Å². The van der Waals surface area contributed by atoms with Crippen LogP contribution in [0.25, 0.3) is 0 Å². The van der Waals surface area contributed by atoms with Gasteiger partial charge >= 0.3 is 0 Å². The van der Waals surface area contributed by atoms with Crippen molar-refractivity contribution in [1.29, 1.82) is 0 Å². The molecule has 0 aliphatic carbocycles. The highest BCUT2D eigenvalue weighted by atomic mass is 35.5. The predicted octanol–water partition coefficient (Wildman–Crippen LogP) is 2.18. The molecule has 0 radical (unpaired) electrons. The number of ether oxygens (including phenoxy) is 1. The van der Waals surface area contributed by atoms with E-state index in [1.807, 2.05) is 4.90 Å². The number of amides is 2. The van der Waals surface area contributed by atoms with Gasteiger partial charge in [-0.3, -0.25) is 9.59 Å². The normalized spacial score (nSPS) is 24.4. The maximum Gasteiger partial charge on any atom is 0.258 e. The first-order valence-electron chi connectivity index (χ1n) is 7.48. The summed E-state index contributed by atoms with van der Waals surface area (Å²) in [5.41, 5.74) is 0.404. The lowest BCUT2D eigenvalue weighted by atomic mass is 10.0. The molecule has 2 amide bonds. The van der Waals surface area contributed by atoms with Crippen LogP contribution in [-0.4, -0.2) is 53.9 Å². The number of hydrogen-bond donors (Lipinski definition) is 0. The van der Waals surface area contributed by atoms with E-state index < -0.39 is 6.04 Å². The van der Waals surface area contributed by atoms with E-state index in [1.165, 1.54) is 7.11 Å². The maximum absolute atomic E-state index is 12.9. The second-order valence-corrected chi connectivity index (χ2v) is 6.24. The number of hydrogen-bond acceptors (Lipinski definition) is 3. The summed E-state index contributed by atoms with van der Waals surface area (Å²) < 4.78 is 5.26. The third kappa shape index (κ3) is 2.43. The third-order valence-electron chi connectivity index (χ3n) is 4.55. The SMILES string of the molecule is COc1ccc(Cl)cc1C(=O)N1C[C@H]2CCCN2C(=O)[C@H]1C. The molecule has 2 fully saturated rings. The van der Waals surface area contributed by atoms with E-state index in [9.17, 15) is 9.59 Å².